The summed E-state index contributed by atoms with van der Waals surface area (Å²) < 4.78 is 10.1. The van der Waals surface area contributed by atoms with Crippen LogP contribution in [0.25, 0.3) is 11.4 Å². The lowest BCUT2D eigenvalue weighted by Gasteiger charge is -2.10. The highest BCUT2D eigenvalue weighted by molar-refractivity contribution is 5.95. The highest BCUT2D eigenvalue weighted by Gasteiger charge is 2.18. The molecule has 0 atom stereocenters. The molecule has 0 amide bonds. The topological polar surface area (TPSA) is 87.3 Å². The number of rotatable bonds is 4. The van der Waals surface area contributed by atoms with Gasteiger partial charge in [0, 0.05) is 5.56 Å². The van der Waals surface area contributed by atoms with Gasteiger partial charge in [-0.1, -0.05) is 12.1 Å². The van der Waals surface area contributed by atoms with Crippen LogP contribution in [0.1, 0.15) is 23.0 Å². The number of carbonyl (C=O) groups excluding carboxylic acids is 1. The molecule has 2 rings (SSSR count). The Morgan fingerprint density at radius 2 is 2.10 bits per heavy atom. The first-order valence-corrected chi connectivity index (χ1v) is 6.52. The summed E-state index contributed by atoms with van der Waals surface area (Å²) in [4.78, 5) is 20.2. The van der Waals surface area contributed by atoms with E-state index in [0.717, 1.165) is 11.3 Å². The van der Waals surface area contributed by atoms with Crippen LogP contribution in [0.2, 0.25) is 0 Å². The van der Waals surface area contributed by atoms with Gasteiger partial charge in [-0.15, -0.1) is 0 Å². The molecule has 0 fully saturated rings. The highest BCUT2D eigenvalue weighted by atomic mass is 16.5. The minimum Gasteiger partial charge on any atom is -0.494 e. The monoisotopic (exact) mass is 287 g/mol. The Bertz CT molecular complexity index is 648. The van der Waals surface area contributed by atoms with Crippen LogP contribution < -0.4 is 10.5 Å². The Labute approximate surface area is 122 Å². The van der Waals surface area contributed by atoms with E-state index in [1.54, 1.807) is 6.92 Å². The van der Waals surface area contributed by atoms with Gasteiger partial charge in [0.15, 0.2) is 5.82 Å². The molecule has 1 heterocycles. The van der Waals surface area contributed by atoms with E-state index in [4.69, 9.17) is 10.5 Å². The fraction of sp³-hybridized carbons (Fsp3) is 0.267. The molecule has 2 aromatic rings. The third-order valence-corrected chi connectivity index (χ3v) is 2.91. The zero-order valence-electron chi connectivity index (χ0n) is 12.2. The molecule has 0 spiro atoms. The normalized spacial score (nSPS) is 10.2. The second-order valence-electron chi connectivity index (χ2n) is 4.35. The summed E-state index contributed by atoms with van der Waals surface area (Å²) in [5.41, 5.74) is 7.29. The van der Waals surface area contributed by atoms with E-state index in [9.17, 15) is 4.79 Å². The highest BCUT2D eigenvalue weighted by Crippen LogP contribution is 2.24. The third kappa shape index (κ3) is 3.10. The summed E-state index contributed by atoms with van der Waals surface area (Å²) in [6.45, 7) is 4.18. The van der Waals surface area contributed by atoms with Crippen LogP contribution in [0.3, 0.4) is 0 Å². The van der Waals surface area contributed by atoms with Crippen molar-refractivity contribution in [1.82, 2.24) is 9.97 Å². The molecule has 21 heavy (non-hydrogen) atoms. The van der Waals surface area contributed by atoms with Crippen molar-refractivity contribution in [1.29, 1.82) is 0 Å². The predicted molar refractivity (Wildman–Crippen MR) is 79.1 cm³/mol. The number of esters is 1. The number of benzene rings is 1. The Hall–Kier alpha value is -2.63. The van der Waals surface area contributed by atoms with Gasteiger partial charge >= 0.3 is 5.97 Å². The first kappa shape index (κ1) is 14.8. The number of nitrogen functional groups attached to an aromatic ring is 1. The molecular formula is C15H17N3O3. The quantitative estimate of drug-likeness (QED) is 0.867. The minimum absolute atomic E-state index is 0.103. The lowest BCUT2D eigenvalue weighted by Crippen LogP contribution is -2.12. The van der Waals surface area contributed by atoms with Gasteiger partial charge in [0.2, 0.25) is 0 Å². The van der Waals surface area contributed by atoms with E-state index in [-0.39, 0.29) is 11.4 Å². The van der Waals surface area contributed by atoms with Gasteiger partial charge in [-0.2, -0.15) is 0 Å². The first-order valence-electron chi connectivity index (χ1n) is 6.52. The van der Waals surface area contributed by atoms with Gasteiger partial charge in [-0.25, -0.2) is 14.8 Å². The number of aromatic nitrogens is 2. The van der Waals surface area contributed by atoms with Crippen molar-refractivity contribution in [2.75, 3.05) is 19.5 Å². The van der Waals surface area contributed by atoms with Crippen LogP contribution >= 0.6 is 0 Å². The average molecular weight is 287 g/mol. The minimum atomic E-state index is -0.542. The van der Waals surface area contributed by atoms with Gasteiger partial charge in [0.05, 0.1) is 19.4 Å². The first-order chi connectivity index (χ1) is 10.1. The van der Waals surface area contributed by atoms with Gasteiger partial charge in [-0.05, 0) is 26.0 Å². The zero-order valence-corrected chi connectivity index (χ0v) is 12.2. The number of nitrogens with two attached hydrogens (primary N) is 1. The van der Waals surface area contributed by atoms with Crippen LogP contribution in [0, 0.1) is 6.92 Å². The summed E-state index contributed by atoms with van der Waals surface area (Å²) in [6.07, 6.45) is 0. The van der Waals surface area contributed by atoms with Crippen molar-refractivity contribution in [3.8, 4) is 17.1 Å². The molecule has 2 N–H and O–H groups in total. The van der Waals surface area contributed by atoms with Crippen LogP contribution in [0.5, 0.6) is 5.75 Å². The van der Waals surface area contributed by atoms with E-state index >= 15 is 0 Å². The van der Waals surface area contributed by atoms with E-state index in [1.165, 1.54) is 7.11 Å². The van der Waals surface area contributed by atoms with Crippen molar-refractivity contribution in [2.45, 2.75) is 13.8 Å². The maximum Gasteiger partial charge on any atom is 0.343 e. The molecule has 0 aliphatic carbocycles. The molecule has 0 radical (unpaired) electrons. The number of aryl methyl sites for hydroxylation is 1. The number of carbonyl (C=O) groups is 1. The number of anilines is 1. The molecule has 0 aliphatic heterocycles. The van der Waals surface area contributed by atoms with Gasteiger partial charge in [0.1, 0.15) is 17.1 Å². The van der Waals surface area contributed by atoms with Crippen molar-refractivity contribution >= 4 is 11.8 Å². The van der Waals surface area contributed by atoms with E-state index in [1.807, 2.05) is 31.2 Å². The molecule has 0 saturated heterocycles. The van der Waals surface area contributed by atoms with Gasteiger partial charge in [-0.3, -0.25) is 0 Å². The fourth-order valence-corrected chi connectivity index (χ4v) is 1.97. The third-order valence-electron chi connectivity index (χ3n) is 2.91. The lowest BCUT2D eigenvalue weighted by molar-refractivity contribution is 0.0600. The van der Waals surface area contributed by atoms with Crippen molar-refractivity contribution in [3.63, 3.8) is 0 Å². The molecule has 6 nitrogen and oxygen atoms in total. The Balaban J connectivity index is 2.46. The summed E-state index contributed by atoms with van der Waals surface area (Å²) in [5, 5.41) is 0. The van der Waals surface area contributed by atoms with E-state index in [2.05, 4.69) is 14.7 Å². The fourth-order valence-electron chi connectivity index (χ4n) is 1.97. The van der Waals surface area contributed by atoms with Crippen molar-refractivity contribution in [2.24, 2.45) is 0 Å². The molecule has 6 heteroatoms. The largest absolute Gasteiger partial charge is 0.494 e. The number of nitrogens with zero attached hydrogens (tertiary/aromatic N) is 2. The Morgan fingerprint density at radius 1 is 1.33 bits per heavy atom. The molecule has 0 bridgehead atoms. The molecule has 1 aromatic carbocycles. The second kappa shape index (κ2) is 6.21. The molecule has 0 aliphatic rings. The van der Waals surface area contributed by atoms with E-state index < -0.39 is 5.97 Å². The van der Waals surface area contributed by atoms with Crippen LogP contribution in [-0.2, 0) is 4.74 Å². The maximum atomic E-state index is 11.6. The summed E-state index contributed by atoms with van der Waals surface area (Å²) >= 11 is 0. The number of methoxy groups -OCH3 is 1. The average Bonchev–Trinajstić information content (AvgIpc) is 2.47. The molecular weight excluding hydrogens is 270 g/mol. The predicted octanol–water partition coefficient (Wildman–Crippen LogP) is 2.22. The SMILES string of the molecule is CCOc1cccc(-c2nc(C)c(C(=O)OC)c(N)n2)c1. The summed E-state index contributed by atoms with van der Waals surface area (Å²) in [5.74, 6) is 0.733. The second-order valence-corrected chi connectivity index (χ2v) is 4.35. The number of ether oxygens (including phenoxy) is 2. The standard InChI is InChI=1S/C15H17N3O3/c1-4-21-11-7-5-6-10(8-11)14-17-9(2)12(13(16)18-14)15(19)20-3/h5-8H,4H2,1-3H3,(H2,16,17,18). The van der Waals surface area contributed by atoms with Crippen LogP contribution in [0.15, 0.2) is 24.3 Å². The zero-order chi connectivity index (χ0) is 15.4. The lowest BCUT2D eigenvalue weighted by atomic mass is 10.1. The smallest absolute Gasteiger partial charge is 0.343 e. The van der Waals surface area contributed by atoms with Crippen molar-refractivity contribution < 1.29 is 14.3 Å². The maximum absolute atomic E-state index is 11.6. The van der Waals surface area contributed by atoms with E-state index in [0.29, 0.717) is 18.1 Å². The number of hydrogen-bond donors (Lipinski definition) is 1. The number of hydrogen-bond acceptors (Lipinski definition) is 6. The van der Waals surface area contributed by atoms with Crippen LogP contribution in [-0.4, -0.2) is 29.7 Å². The molecule has 0 saturated carbocycles. The van der Waals surface area contributed by atoms with Gasteiger partial charge < -0.3 is 15.2 Å². The summed E-state index contributed by atoms with van der Waals surface area (Å²) in [7, 11) is 1.29. The molecule has 0 unspecified atom stereocenters. The molecule has 110 valence electrons. The van der Waals surface area contributed by atoms with Crippen molar-refractivity contribution in [3.05, 3.63) is 35.5 Å². The Kier molecular flexibility index (Phi) is 4.37. The molecule has 1 aromatic heterocycles. The van der Waals surface area contributed by atoms with Crippen LogP contribution in [0.4, 0.5) is 5.82 Å². The van der Waals surface area contributed by atoms with Gasteiger partial charge in [0.25, 0.3) is 0 Å². The Morgan fingerprint density at radius 3 is 2.71 bits per heavy atom. The summed E-state index contributed by atoms with van der Waals surface area (Å²) in [6, 6.07) is 7.39.